The summed E-state index contributed by atoms with van der Waals surface area (Å²) in [6.45, 7) is 0. The molecule has 2 heterocycles. The van der Waals surface area contributed by atoms with Crippen molar-refractivity contribution in [2.75, 3.05) is 4.90 Å². The fourth-order valence-corrected chi connectivity index (χ4v) is 13.8. The van der Waals surface area contributed by atoms with Crippen LogP contribution in [0.1, 0.15) is 44.5 Å². The van der Waals surface area contributed by atoms with Crippen LogP contribution in [-0.4, -0.2) is 0 Å². The van der Waals surface area contributed by atoms with E-state index in [0.29, 0.717) is 0 Å². The number of ether oxygens (including phenoxy) is 1. The Bertz CT molecular complexity index is 3840. The third-order valence-electron chi connectivity index (χ3n) is 15.4. The van der Waals surface area contributed by atoms with Crippen LogP contribution < -0.4 is 9.64 Å². The second kappa shape index (κ2) is 14.6. The lowest BCUT2D eigenvalue weighted by molar-refractivity contribution is 0.436. The van der Waals surface area contributed by atoms with Crippen molar-refractivity contribution in [2.45, 2.75) is 20.6 Å². The van der Waals surface area contributed by atoms with Gasteiger partial charge in [0.1, 0.15) is 11.5 Å². The normalized spacial score (nSPS) is 14.4. The van der Waals surface area contributed by atoms with Crippen LogP contribution >= 0.6 is 11.8 Å². The molecule has 0 bridgehead atoms. The van der Waals surface area contributed by atoms with Crippen molar-refractivity contribution in [3.63, 3.8) is 0 Å². The number of anilines is 3. The Balaban J connectivity index is 0.993. The molecule has 0 saturated heterocycles. The molecular weight excluding hydrogens is 855 g/mol. The van der Waals surface area contributed by atoms with Crippen molar-refractivity contribution in [2.24, 2.45) is 0 Å². The van der Waals surface area contributed by atoms with Crippen LogP contribution in [0.15, 0.2) is 259 Å². The van der Waals surface area contributed by atoms with Gasteiger partial charge in [0.05, 0.1) is 16.5 Å². The second-order valence-corrected chi connectivity index (χ2v) is 19.7. The van der Waals surface area contributed by atoms with E-state index in [-0.39, 0.29) is 0 Å². The molecule has 2 nitrogen and oxygen atoms in total. The van der Waals surface area contributed by atoms with Crippen molar-refractivity contribution in [3.05, 3.63) is 293 Å². The van der Waals surface area contributed by atoms with Crippen molar-refractivity contribution in [1.82, 2.24) is 0 Å². The Kier molecular flexibility index (Phi) is 8.17. The minimum atomic E-state index is -0.589. The summed E-state index contributed by atoms with van der Waals surface area (Å²) in [5.74, 6) is 1.78. The average Bonchev–Trinajstić information content (AvgIpc) is 3.86. The van der Waals surface area contributed by atoms with Gasteiger partial charge in [0.2, 0.25) is 0 Å². The van der Waals surface area contributed by atoms with Gasteiger partial charge in [-0.15, -0.1) is 0 Å². The lowest BCUT2D eigenvalue weighted by Crippen LogP contribution is -2.32. The number of nitrogens with zero attached hydrogens (tertiary/aromatic N) is 1. The highest BCUT2D eigenvalue weighted by molar-refractivity contribution is 7.99. The largest absolute Gasteiger partial charge is 0.457 e. The van der Waals surface area contributed by atoms with Crippen molar-refractivity contribution < 1.29 is 4.74 Å². The smallest absolute Gasteiger partial charge is 0.132 e. The van der Waals surface area contributed by atoms with Gasteiger partial charge in [0, 0.05) is 37.9 Å². The Hall–Kier alpha value is -8.37. The first-order valence-electron chi connectivity index (χ1n) is 23.8. The lowest BCUT2D eigenvalue weighted by atomic mass is 9.66. The molecule has 4 aliphatic rings. The average molecular weight is 896 g/mol. The minimum Gasteiger partial charge on any atom is -0.457 e. The molecule has 3 heteroatoms. The van der Waals surface area contributed by atoms with Crippen LogP contribution in [0.25, 0.3) is 44.2 Å². The number of para-hydroxylation sites is 2. The van der Waals surface area contributed by atoms with Crippen LogP contribution in [-0.2, 0) is 10.8 Å². The number of hydrogen-bond donors (Lipinski definition) is 0. The lowest BCUT2D eigenvalue weighted by Gasteiger charge is -2.39. The molecule has 0 atom stereocenters. The van der Waals surface area contributed by atoms with Gasteiger partial charge in [0.25, 0.3) is 0 Å². The molecule has 2 aliphatic heterocycles. The fourth-order valence-electron chi connectivity index (χ4n) is 12.7. The summed E-state index contributed by atoms with van der Waals surface area (Å²) in [6.07, 6.45) is 0. The molecular formula is C66H41NOS. The van der Waals surface area contributed by atoms with Crippen LogP contribution in [0.2, 0.25) is 0 Å². The predicted molar refractivity (Wildman–Crippen MR) is 283 cm³/mol. The van der Waals surface area contributed by atoms with E-state index in [4.69, 9.17) is 4.74 Å². The van der Waals surface area contributed by atoms with Crippen LogP contribution in [0, 0.1) is 0 Å². The molecule has 0 amide bonds. The zero-order valence-electron chi connectivity index (χ0n) is 37.4. The summed E-state index contributed by atoms with van der Waals surface area (Å²) in [4.78, 5) is 5.12. The van der Waals surface area contributed by atoms with Gasteiger partial charge < -0.3 is 9.64 Å². The zero-order chi connectivity index (χ0) is 45.3. The highest BCUT2D eigenvalue weighted by Crippen LogP contribution is 2.65. The predicted octanol–water partition coefficient (Wildman–Crippen LogP) is 17.3. The fraction of sp³-hybridized carbons (Fsp3) is 0.0303. The molecule has 11 aromatic carbocycles. The first-order chi connectivity index (χ1) is 34.2. The Morgan fingerprint density at radius 3 is 1.54 bits per heavy atom. The number of rotatable bonds is 4. The molecule has 0 N–H and O–H groups in total. The van der Waals surface area contributed by atoms with E-state index < -0.39 is 10.8 Å². The third-order valence-corrected chi connectivity index (χ3v) is 16.5. The van der Waals surface area contributed by atoms with E-state index in [1.165, 1.54) is 87.3 Å². The van der Waals surface area contributed by atoms with Gasteiger partial charge in [-0.2, -0.15) is 0 Å². The zero-order valence-corrected chi connectivity index (χ0v) is 38.3. The summed E-state index contributed by atoms with van der Waals surface area (Å²) in [5, 5.41) is 2.42. The number of hydrogen-bond acceptors (Lipinski definition) is 3. The van der Waals surface area contributed by atoms with E-state index >= 15 is 0 Å². The molecule has 2 spiro atoms. The maximum Gasteiger partial charge on any atom is 0.132 e. The molecule has 0 radical (unpaired) electrons. The maximum absolute atomic E-state index is 6.72. The molecule has 11 aromatic rings. The molecule has 0 unspecified atom stereocenters. The van der Waals surface area contributed by atoms with E-state index in [2.05, 4.69) is 254 Å². The van der Waals surface area contributed by atoms with E-state index in [0.717, 1.165) is 39.7 Å². The molecule has 0 saturated carbocycles. The molecule has 2 aliphatic carbocycles. The highest BCUT2D eigenvalue weighted by atomic mass is 32.2. The van der Waals surface area contributed by atoms with Gasteiger partial charge in [-0.3, -0.25) is 0 Å². The quantitative estimate of drug-likeness (QED) is 0.175. The highest BCUT2D eigenvalue weighted by Gasteiger charge is 2.53. The van der Waals surface area contributed by atoms with Gasteiger partial charge in [-0.05, 0) is 139 Å². The molecule has 15 rings (SSSR count). The van der Waals surface area contributed by atoms with Gasteiger partial charge >= 0.3 is 0 Å². The summed E-state index contributed by atoms with van der Waals surface area (Å²) in [7, 11) is 0. The van der Waals surface area contributed by atoms with E-state index in [1.807, 2.05) is 11.8 Å². The van der Waals surface area contributed by atoms with Gasteiger partial charge in [0.15, 0.2) is 0 Å². The molecule has 0 fully saturated rings. The first kappa shape index (κ1) is 38.7. The monoisotopic (exact) mass is 895 g/mol. The number of benzene rings is 11. The van der Waals surface area contributed by atoms with Gasteiger partial charge in [-0.25, -0.2) is 0 Å². The summed E-state index contributed by atoms with van der Waals surface area (Å²) in [5.41, 5.74) is 19.9. The first-order valence-corrected chi connectivity index (χ1v) is 24.6. The Morgan fingerprint density at radius 1 is 0.319 bits per heavy atom. The SMILES string of the molecule is c1ccc(-c2ccc(N(c3ccc4cc5c(cc4c3)C3(c4ccccc4Sc4ccccc43)c3ccccc3-5)c3cccc4c3-c3ccccc3C43c4ccccc4Oc4ccccc43)cc2)cc1. The van der Waals surface area contributed by atoms with E-state index in [9.17, 15) is 0 Å². The van der Waals surface area contributed by atoms with Crippen molar-refractivity contribution in [3.8, 4) is 44.9 Å². The van der Waals surface area contributed by atoms with E-state index in [1.54, 1.807) is 0 Å². The van der Waals surface area contributed by atoms with Crippen molar-refractivity contribution in [1.29, 1.82) is 0 Å². The minimum absolute atomic E-state index is 0.462. The second-order valence-electron chi connectivity index (χ2n) is 18.7. The molecule has 0 aromatic heterocycles. The Labute approximate surface area is 405 Å². The maximum atomic E-state index is 6.72. The summed E-state index contributed by atoms with van der Waals surface area (Å²) >= 11 is 1.89. The summed E-state index contributed by atoms with van der Waals surface area (Å²) in [6, 6.07) is 92.3. The number of fused-ring (bicyclic) bond motifs is 19. The Morgan fingerprint density at radius 2 is 0.841 bits per heavy atom. The van der Waals surface area contributed by atoms with Crippen LogP contribution in [0.3, 0.4) is 0 Å². The standard InChI is InChI=1S/C66H41NOS/c1-2-17-42(18-3-1)43-33-36-46(37-34-43)67(59-28-16-27-57-64(59)49-20-5-7-22-52(49)65(57)53-23-8-12-29-60(53)68-61-30-13-9-24-54(61)65)47-38-35-44-40-50-48-19-4-6-21-51(48)66(58(50)41-45(44)39-47)55-25-10-14-31-62(55)69-63-32-15-11-26-56(63)66/h1-41H. The molecule has 322 valence electrons. The van der Waals surface area contributed by atoms with Crippen LogP contribution in [0.5, 0.6) is 11.5 Å². The topological polar surface area (TPSA) is 12.5 Å². The molecule has 69 heavy (non-hydrogen) atoms. The third kappa shape index (κ3) is 5.23. The summed E-state index contributed by atoms with van der Waals surface area (Å²) < 4.78 is 6.72. The van der Waals surface area contributed by atoms with Crippen LogP contribution in [0.4, 0.5) is 17.1 Å². The van der Waals surface area contributed by atoms with Gasteiger partial charge in [-0.1, -0.05) is 194 Å². The van der Waals surface area contributed by atoms with Crippen molar-refractivity contribution >= 4 is 39.6 Å².